The molecular weight excluding hydrogens is 543 g/mol. The summed E-state index contributed by atoms with van der Waals surface area (Å²) >= 11 is 0. The molecule has 43 heavy (non-hydrogen) atoms. The Bertz CT molecular complexity index is 1440. The fourth-order valence-electron chi connectivity index (χ4n) is 6.82. The molecule has 1 aromatic heterocycles. The van der Waals surface area contributed by atoms with Gasteiger partial charge >= 0.3 is 0 Å². The first kappa shape index (κ1) is 29.2. The number of hydrogen-bond acceptors (Lipinski definition) is 5. The minimum Gasteiger partial charge on any atom is -0.372 e. The maximum Gasteiger partial charge on any atom is 0.245 e. The molecule has 9 heteroatoms. The van der Waals surface area contributed by atoms with E-state index in [2.05, 4.69) is 53.4 Å². The van der Waals surface area contributed by atoms with Gasteiger partial charge in [0.1, 0.15) is 11.9 Å². The van der Waals surface area contributed by atoms with Gasteiger partial charge in [0.2, 0.25) is 11.8 Å². The Labute approximate surface area is 253 Å². The average Bonchev–Trinajstić information content (AvgIpc) is 3.69. The SMILES string of the molecule is CCCN(CC)c1ccc(-c2cc([C@@H]3CCCN(C(=O)CCn4cccn4)C3)c(F)c3c2CC(C(=O)N2CCC2)N3)cc1. The number of amides is 2. The van der Waals surface area contributed by atoms with E-state index in [4.69, 9.17) is 0 Å². The van der Waals surface area contributed by atoms with E-state index in [1.165, 1.54) is 5.69 Å². The van der Waals surface area contributed by atoms with E-state index >= 15 is 4.39 Å². The van der Waals surface area contributed by atoms with Crippen LogP contribution in [0, 0.1) is 5.82 Å². The first-order chi connectivity index (χ1) is 21.0. The molecule has 1 N–H and O–H groups in total. The van der Waals surface area contributed by atoms with Gasteiger partial charge in [0, 0.05) is 82.7 Å². The molecule has 1 unspecified atom stereocenters. The van der Waals surface area contributed by atoms with Gasteiger partial charge in [0.25, 0.3) is 0 Å². The van der Waals surface area contributed by atoms with Crippen molar-refractivity contribution in [2.24, 2.45) is 0 Å². The third kappa shape index (κ3) is 5.99. The number of benzene rings is 2. The van der Waals surface area contributed by atoms with Crippen molar-refractivity contribution < 1.29 is 14.0 Å². The van der Waals surface area contributed by atoms with Crippen LogP contribution in [0.15, 0.2) is 48.8 Å². The third-order valence-electron chi connectivity index (χ3n) is 9.34. The van der Waals surface area contributed by atoms with Gasteiger partial charge in [-0.3, -0.25) is 14.3 Å². The molecule has 2 amide bonds. The maximum atomic E-state index is 16.4. The molecule has 228 valence electrons. The first-order valence-corrected chi connectivity index (χ1v) is 16.0. The van der Waals surface area contributed by atoms with Crippen molar-refractivity contribution in [3.05, 3.63) is 65.7 Å². The molecule has 6 rings (SSSR count). The van der Waals surface area contributed by atoms with E-state index in [9.17, 15) is 9.59 Å². The zero-order chi connectivity index (χ0) is 29.9. The van der Waals surface area contributed by atoms with Crippen molar-refractivity contribution >= 4 is 23.2 Å². The first-order valence-electron chi connectivity index (χ1n) is 16.0. The normalized spacial score (nSPS) is 19.5. The van der Waals surface area contributed by atoms with E-state index < -0.39 is 6.04 Å². The lowest BCUT2D eigenvalue weighted by atomic mass is 9.85. The highest BCUT2D eigenvalue weighted by molar-refractivity contribution is 5.90. The number of halogens is 1. The number of piperidine rings is 1. The molecule has 3 aliphatic heterocycles. The zero-order valence-corrected chi connectivity index (χ0v) is 25.4. The Morgan fingerprint density at radius 2 is 1.88 bits per heavy atom. The summed E-state index contributed by atoms with van der Waals surface area (Å²) in [5.41, 5.74) is 5.14. The monoisotopic (exact) mass is 586 g/mol. The molecular formula is C34H43FN6O2. The standard InChI is InChI=1S/C34H43FN6O2/c1-3-15-38(4-2)26-11-9-24(10-12-26)27-21-28(32(35)33-29(27)22-30(37-33)34(43)39-17-7-18-39)25-8-5-16-40(23-25)31(42)13-20-41-19-6-14-36-41/h6,9-12,14,19,21,25,30,37H,3-5,7-8,13,15-18,20,22-23H2,1-2H3/t25-,30?/m1/s1. The summed E-state index contributed by atoms with van der Waals surface area (Å²) in [5.74, 6) is -0.263. The molecule has 2 aromatic carbocycles. The van der Waals surface area contributed by atoms with Crippen LogP contribution in [-0.2, 0) is 22.6 Å². The summed E-state index contributed by atoms with van der Waals surface area (Å²) in [6, 6.07) is 12.0. The van der Waals surface area contributed by atoms with Gasteiger partial charge in [-0.2, -0.15) is 5.10 Å². The van der Waals surface area contributed by atoms with E-state index in [0.29, 0.717) is 43.7 Å². The number of anilines is 2. The molecule has 8 nitrogen and oxygen atoms in total. The van der Waals surface area contributed by atoms with Gasteiger partial charge < -0.3 is 20.0 Å². The summed E-state index contributed by atoms with van der Waals surface area (Å²) in [7, 11) is 0. The number of likely N-dealkylation sites (tertiary alicyclic amines) is 2. The molecule has 0 bridgehead atoms. The van der Waals surface area contributed by atoms with Crippen LogP contribution >= 0.6 is 0 Å². The van der Waals surface area contributed by atoms with Crippen LogP contribution in [0.1, 0.15) is 63.0 Å². The number of nitrogens with zero attached hydrogens (tertiary/aromatic N) is 5. The number of nitrogens with one attached hydrogen (secondary N) is 1. The van der Waals surface area contributed by atoms with Crippen LogP contribution in [0.2, 0.25) is 0 Å². The number of carbonyl (C=O) groups is 2. The van der Waals surface area contributed by atoms with Gasteiger partial charge in [0.05, 0.1) is 5.69 Å². The highest BCUT2D eigenvalue weighted by atomic mass is 19.1. The minimum absolute atomic E-state index is 0.0504. The highest BCUT2D eigenvalue weighted by Crippen LogP contribution is 2.43. The van der Waals surface area contributed by atoms with Crippen molar-refractivity contribution in [2.45, 2.75) is 70.9 Å². The number of aryl methyl sites for hydroxylation is 1. The fourth-order valence-corrected chi connectivity index (χ4v) is 6.82. The smallest absolute Gasteiger partial charge is 0.245 e. The number of hydrogen-bond donors (Lipinski definition) is 1. The predicted molar refractivity (Wildman–Crippen MR) is 168 cm³/mol. The van der Waals surface area contributed by atoms with Crippen LogP contribution in [0.4, 0.5) is 15.8 Å². The van der Waals surface area contributed by atoms with Crippen LogP contribution in [0.3, 0.4) is 0 Å². The molecule has 0 aliphatic carbocycles. The Balaban J connectivity index is 1.30. The topological polar surface area (TPSA) is 73.7 Å². The fraction of sp³-hybridized carbons (Fsp3) is 0.500. The number of rotatable bonds is 10. The molecule has 3 aliphatic rings. The Morgan fingerprint density at radius 1 is 1.09 bits per heavy atom. The lowest BCUT2D eigenvalue weighted by Crippen LogP contribution is -2.49. The maximum absolute atomic E-state index is 16.4. The van der Waals surface area contributed by atoms with Gasteiger partial charge in [0.15, 0.2) is 0 Å². The Hall–Kier alpha value is -3.88. The summed E-state index contributed by atoms with van der Waals surface area (Å²) in [6.07, 6.45) is 8.15. The molecule has 0 spiro atoms. The van der Waals surface area contributed by atoms with Crippen LogP contribution in [-0.4, -0.2) is 76.7 Å². The van der Waals surface area contributed by atoms with Gasteiger partial charge in [-0.1, -0.05) is 19.1 Å². The van der Waals surface area contributed by atoms with E-state index in [1.54, 1.807) is 10.9 Å². The molecule has 2 fully saturated rings. The lowest BCUT2D eigenvalue weighted by Gasteiger charge is -2.34. The van der Waals surface area contributed by atoms with Crippen LogP contribution in [0.25, 0.3) is 11.1 Å². The zero-order valence-electron chi connectivity index (χ0n) is 25.4. The van der Waals surface area contributed by atoms with Crippen molar-refractivity contribution in [1.82, 2.24) is 19.6 Å². The molecule has 4 heterocycles. The minimum atomic E-state index is -0.454. The molecule has 3 aromatic rings. The van der Waals surface area contributed by atoms with E-state index in [0.717, 1.165) is 68.6 Å². The molecule has 2 saturated heterocycles. The molecule has 0 radical (unpaired) electrons. The van der Waals surface area contributed by atoms with Crippen molar-refractivity contribution in [3.8, 4) is 11.1 Å². The van der Waals surface area contributed by atoms with Crippen LogP contribution in [0.5, 0.6) is 0 Å². The Kier molecular flexibility index (Phi) is 8.68. The van der Waals surface area contributed by atoms with Crippen LogP contribution < -0.4 is 10.2 Å². The second-order valence-electron chi connectivity index (χ2n) is 12.1. The van der Waals surface area contributed by atoms with Crippen molar-refractivity contribution in [3.63, 3.8) is 0 Å². The summed E-state index contributed by atoms with van der Waals surface area (Å²) in [5, 5.41) is 7.51. The molecule has 0 saturated carbocycles. The molecule has 2 atom stereocenters. The highest BCUT2D eigenvalue weighted by Gasteiger charge is 2.37. The predicted octanol–water partition coefficient (Wildman–Crippen LogP) is 5.29. The number of carbonyl (C=O) groups excluding carboxylic acids is 2. The van der Waals surface area contributed by atoms with Gasteiger partial charge in [-0.05, 0) is 79.1 Å². The number of fused-ring (bicyclic) bond motifs is 1. The van der Waals surface area contributed by atoms with Crippen molar-refractivity contribution in [2.75, 3.05) is 49.5 Å². The van der Waals surface area contributed by atoms with Crippen molar-refractivity contribution in [1.29, 1.82) is 0 Å². The second kappa shape index (κ2) is 12.8. The average molecular weight is 587 g/mol. The largest absolute Gasteiger partial charge is 0.372 e. The summed E-state index contributed by atoms with van der Waals surface area (Å²) in [6.45, 7) is 9.53. The van der Waals surface area contributed by atoms with E-state index in [-0.39, 0.29) is 23.5 Å². The summed E-state index contributed by atoms with van der Waals surface area (Å²) in [4.78, 5) is 32.4. The van der Waals surface area contributed by atoms with Gasteiger partial charge in [-0.25, -0.2) is 4.39 Å². The quantitative estimate of drug-likeness (QED) is 0.350. The van der Waals surface area contributed by atoms with Gasteiger partial charge in [-0.15, -0.1) is 0 Å². The third-order valence-corrected chi connectivity index (χ3v) is 9.34. The lowest BCUT2D eigenvalue weighted by molar-refractivity contribution is -0.135. The van der Waals surface area contributed by atoms with E-state index in [1.807, 2.05) is 28.1 Å². The second-order valence-corrected chi connectivity index (χ2v) is 12.1. The number of aromatic nitrogens is 2. The Morgan fingerprint density at radius 3 is 2.56 bits per heavy atom. The summed E-state index contributed by atoms with van der Waals surface area (Å²) < 4.78 is 18.2.